The first kappa shape index (κ1) is 16.0. The van der Waals surface area contributed by atoms with Crippen LogP contribution in [0.4, 0.5) is 15.2 Å². The van der Waals surface area contributed by atoms with Crippen LogP contribution in [0.15, 0.2) is 12.1 Å². The van der Waals surface area contributed by atoms with Gasteiger partial charge in [-0.25, -0.2) is 14.2 Å². The maximum atomic E-state index is 13.1. The molecule has 0 aliphatic heterocycles. The molecule has 0 spiro atoms. The maximum Gasteiger partial charge on any atom is 0.358 e. The van der Waals surface area contributed by atoms with Crippen molar-refractivity contribution in [1.29, 1.82) is 0 Å². The van der Waals surface area contributed by atoms with E-state index in [4.69, 9.17) is 27.9 Å². The highest BCUT2D eigenvalue weighted by molar-refractivity contribution is 7.15. The first-order chi connectivity index (χ1) is 9.92. The van der Waals surface area contributed by atoms with Gasteiger partial charge in [0.05, 0.1) is 22.3 Å². The highest BCUT2D eigenvalue weighted by atomic mass is 35.5. The lowest BCUT2D eigenvalue weighted by molar-refractivity contribution is 0.0519. The van der Waals surface area contributed by atoms with Crippen molar-refractivity contribution in [2.45, 2.75) is 13.8 Å². The Bertz CT molecular complexity index is 668. The number of halogens is 3. The zero-order valence-electron chi connectivity index (χ0n) is 11.2. The molecular formula is C13H11Cl2FN2O2S. The van der Waals surface area contributed by atoms with Crippen molar-refractivity contribution in [3.8, 4) is 0 Å². The number of aromatic nitrogens is 1. The number of nitrogens with one attached hydrogen (secondary N) is 1. The van der Waals surface area contributed by atoms with Gasteiger partial charge in [-0.2, -0.15) is 0 Å². The second-order valence-electron chi connectivity index (χ2n) is 4.01. The van der Waals surface area contributed by atoms with Crippen molar-refractivity contribution in [1.82, 2.24) is 4.98 Å². The number of benzene rings is 1. The molecule has 1 N–H and O–H groups in total. The smallest absolute Gasteiger partial charge is 0.358 e. The van der Waals surface area contributed by atoms with E-state index in [1.54, 1.807) is 13.8 Å². The van der Waals surface area contributed by atoms with Gasteiger partial charge < -0.3 is 10.1 Å². The van der Waals surface area contributed by atoms with Crippen molar-refractivity contribution in [2.24, 2.45) is 0 Å². The Hall–Kier alpha value is -1.37. The summed E-state index contributed by atoms with van der Waals surface area (Å²) in [6, 6.07) is 2.28. The number of esters is 1. The molecule has 8 heteroatoms. The van der Waals surface area contributed by atoms with E-state index in [1.807, 2.05) is 0 Å². The van der Waals surface area contributed by atoms with E-state index in [1.165, 1.54) is 11.3 Å². The zero-order valence-corrected chi connectivity index (χ0v) is 13.5. The monoisotopic (exact) mass is 348 g/mol. The van der Waals surface area contributed by atoms with E-state index in [9.17, 15) is 9.18 Å². The average Bonchev–Trinajstić information content (AvgIpc) is 2.75. The van der Waals surface area contributed by atoms with Gasteiger partial charge in [0.25, 0.3) is 0 Å². The third-order valence-corrected chi connectivity index (χ3v) is 3.99. The lowest BCUT2D eigenvalue weighted by Crippen LogP contribution is -2.06. The van der Waals surface area contributed by atoms with Gasteiger partial charge in [0.15, 0.2) is 10.8 Å². The van der Waals surface area contributed by atoms with Gasteiger partial charge in [-0.15, -0.1) is 11.3 Å². The summed E-state index contributed by atoms with van der Waals surface area (Å²) in [7, 11) is 0. The summed E-state index contributed by atoms with van der Waals surface area (Å²) in [5.41, 5.74) is 0.572. The molecule has 0 bridgehead atoms. The number of carbonyl (C=O) groups is 1. The highest BCUT2D eigenvalue weighted by Crippen LogP contribution is 2.35. The van der Waals surface area contributed by atoms with Crippen LogP contribution >= 0.6 is 34.5 Å². The molecule has 0 saturated heterocycles. The molecule has 0 aliphatic rings. The lowest BCUT2D eigenvalue weighted by atomic mass is 10.3. The third kappa shape index (κ3) is 3.64. The minimum Gasteiger partial charge on any atom is -0.461 e. The number of anilines is 2. The third-order valence-electron chi connectivity index (χ3n) is 2.50. The largest absolute Gasteiger partial charge is 0.461 e. The van der Waals surface area contributed by atoms with Crippen LogP contribution in [0.3, 0.4) is 0 Å². The van der Waals surface area contributed by atoms with Gasteiger partial charge in [0, 0.05) is 4.88 Å². The molecule has 1 heterocycles. The van der Waals surface area contributed by atoms with Gasteiger partial charge in [-0.05, 0) is 26.0 Å². The van der Waals surface area contributed by atoms with E-state index in [0.29, 0.717) is 15.7 Å². The Morgan fingerprint density at radius 2 is 2.05 bits per heavy atom. The highest BCUT2D eigenvalue weighted by Gasteiger charge is 2.18. The molecule has 0 saturated carbocycles. The summed E-state index contributed by atoms with van der Waals surface area (Å²) in [5, 5.41) is 3.58. The number of carbonyl (C=O) groups excluding carboxylic acids is 1. The van der Waals surface area contributed by atoms with Gasteiger partial charge in [0.1, 0.15) is 5.82 Å². The second kappa shape index (κ2) is 6.60. The fourth-order valence-corrected chi connectivity index (χ4v) is 2.97. The molecule has 0 fully saturated rings. The zero-order chi connectivity index (χ0) is 15.6. The van der Waals surface area contributed by atoms with Gasteiger partial charge in [0.2, 0.25) is 0 Å². The van der Waals surface area contributed by atoms with Crippen molar-refractivity contribution < 1.29 is 13.9 Å². The number of rotatable bonds is 4. The van der Waals surface area contributed by atoms with E-state index in [2.05, 4.69) is 10.3 Å². The van der Waals surface area contributed by atoms with Crippen LogP contribution in [-0.4, -0.2) is 17.6 Å². The number of aryl methyl sites for hydroxylation is 1. The Kier molecular flexibility index (Phi) is 5.03. The van der Waals surface area contributed by atoms with Crippen molar-refractivity contribution >= 4 is 51.3 Å². The Labute approximate surface area is 134 Å². The molecule has 4 nitrogen and oxygen atoms in total. The van der Waals surface area contributed by atoms with Gasteiger partial charge >= 0.3 is 5.97 Å². The summed E-state index contributed by atoms with van der Waals surface area (Å²) in [6.07, 6.45) is 0. The number of hydrogen-bond donors (Lipinski definition) is 1. The van der Waals surface area contributed by atoms with Gasteiger partial charge in [-0.1, -0.05) is 23.2 Å². The minimum absolute atomic E-state index is 0.130. The van der Waals surface area contributed by atoms with E-state index in [0.717, 1.165) is 12.1 Å². The first-order valence-corrected chi connectivity index (χ1v) is 7.55. The fourth-order valence-electron chi connectivity index (χ4n) is 1.61. The molecule has 0 aliphatic carbocycles. The molecule has 112 valence electrons. The summed E-state index contributed by atoms with van der Waals surface area (Å²) in [4.78, 5) is 16.6. The number of nitrogens with zero attached hydrogens (tertiary/aromatic N) is 1. The maximum absolute atomic E-state index is 13.1. The molecule has 0 radical (unpaired) electrons. The molecule has 21 heavy (non-hydrogen) atoms. The van der Waals surface area contributed by atoms with E-state index >= 15 is 0 Å². The standard InChI is InChI=1S/C13H11Cl2FN2O2S/c1-3-20-12(19)10-6(2)21-13(17-10)18-11-8(14)4-7(16)5-9(11)15/h4-5H,3H2,1-2H3,(H,17,18). The Morgan fingerprint density at radius 3 is 2.62 bits per heavy atom. The molecule has 2 rings (SSSR count). The SMILES string of the molecule is CCOC(=O)c1nc(Nc2c(Cl)cc(F)cc2Cl)sc1C. The van der Waals surface area contributed by atoms with Crippen LogP contribution in [0.1, 0.15) is 22.3 Å². The molecule has 0 atom stereocenters. The average molecular weight is 349 g/mol. The summed E-state index contributed by atoms with van der Waals surface area (Å²) < 4.78 is 18.0. The second-order valence-corrected chi connectivity index (χ2v) is 6.03. The summed E-state index contributed by atoms with van der Waals surface area (Å²) >= 11 is 13.1. The Morgan fingerprint density at radius 1 is 1.43 bits per heavy atom. The number of thiazole rings is 1. The normalized spacial score (nSPS) is 10.5. The van der Waals surface area contributed by atoms with Gasteiger partial charge in [-0.3, -0.25) is 0 Å². The first-order valence-electron chi connectivity index (χ1n) is 5.98. The number of ether oxygens (including phenoxy) is 1. The predicted molar refractivity (Wildman–Crippen MR) is 82.5 cm³/mol. The predicted octanol–water partition coefficient (Wildman–Crippen LogP) is 4.82. The van der Waals surface area contributed by atoms with E-state index in [-0.39, 0.29) is 22.3 Å². The fraction of sp³-hybridized carbons (Fsp3) is 0.231. The molecule has 1 aromatic carbocycles. The van der Waals surface area contributed by atoms with Crippen molar-refractivity contribution in [3.05, 3.63) is 38.6 Å². The van der Waals surface area contributed by atoms with Crippen LogP contribution in [-0.2, 0) is 4.74 Å². The quantitative estimate of drug-likeness (QED) is 0.805. The van der Waals surface area contributed by atoms with Crippen LogP contribution in [0.25, 0.3) is 0 Å². The topological polar surface area (TPSA) is 51.2 Å². The molecule has 2 aromatic rings. The van der Waals surface area contributed by atoms with Crippen molar-refractivity contribution in [3.63, 3.8) is 0 Å². The van der Waals surface area contributed by atoms with Crippen LogP contribution < -0.4 is 5.32 Å². The summed E-state index contributed by atoms with van der Waals surface area (Å²) in [5.74, 6) is -1.02. The van der Waals surface area contributed by atoms with Crippen LogP contribution in [0.2, 0.25) is 10.0 Å². The minimum atomic E-state index is -0.530. The van der Waals surface area contributed by atoms with E-state index < -0.39 is 11.8 Å². The molecular weight excluding hydrogens is 338 g/mol. The lowest BCUT2D eigenvalue weighted by Gasteiger charge is -2.07. The Balaban J connectivity index is 2.29. The molecule has 0 amide bonds. The van der Waals surface area contributed by atoms with Crippen LogP contribution in [0, 0.1) is 12.7 Å². The molecule has 1 aromatic heterocycles. The number of hydrogen-bond acceptors (Lipinski definition) is 5. The summed E-state index contributed by atoms with van der Waals surface area (Å²) in [6.45, 7) is 3.74. The van der Waals surface area contributed by atoms with Crippen molar-refractivity contribution in [2.75, 3.05) is 11.9 Å². The van der Waals surface area contributed by atoms with Crippen LogP contribution in [0.5, 0.6) is 0 Å². The molecule has 0 unspecified atom stereocenters.